The van der Waals surface area contributed by atoms with Gasteiger partial charge >= 0.3 is 0 Å². The molecule has 0 unspecified atom stereocenters. The van der Waals surface area contributed by atoms with Crippen LogP contribution in [-0.4, -0.2) is 6.71 Å². The van der Waals surface area contributed by atoms with Gasteiger partial charge in [0.2, 0.25) is 0 Å². The molecule has 0 radical (unpaired) electrons. The monoisotopic (exact) mass is 1170 g/mol. The average Bonchev–Trinajstić information content (AvgIpc) is 1.21. The van der Waals surface area contributed by atoms with Crippen LogP contribution in [0.15, 0.2) is 217 Å². The van der Waals surface area contributed by atoms with E-state index in [1.165, 1.54) is 76.1 Å². The lowest BCUT2D eigenvalue weighted by Gasteiger charge is -2.44. The number of hydrogen-bond acceptors (Lipinski definition) is 5. The molecule has 0 N–H and O–H groups in total. The fourth-order valence-corrected chi connectivity index (χ4v) is 14.8. The minimum absolute atomic E-state index is 0.0320. The van der Waals surface area contributed by atoms with Crippen molar-refractivity contribution in [2.24, 2.45) is 0 Å². The second kappa shape index (κ2) is 20.5. The molecule has 4 heterocycles. The van der Waals surface area contributed by atoms with Crippen molar-refractivity contribution in [2.75, 3.05) is 14.7 Å². The van der Waals surface area contributed by atoms with E-state index in [4.69, 9.17) is 4.42 Å². The normalized spacial score (nSPS) is 13.6. The number of fused-ring (bicyclic) bond motifs is 9. The van der Waals surface area contributed by atoms with Crippen LogP contribution in [0.1, 0.15) is 132 Å². The first-order chi connectivity index (χ1) is 41.8. The van der Waals surface area contributed by atoms with Crippen LogP contribution < -0.4 is 30.4 Å². The largest absolute Gasteiger partial charge is 0.456 e. The minimum atomic E-state index is -0.137. The summed E-state index contributed by atoms with van der Waals surface area (Å²) in [5, 5.41) is 3.50. The minimum Gasteiger partial charge on any atom is -0.456 e. The second-order valence-corrected chi connectivity index (χ2v) is 31.0. The summed E-state index contributed by atoms with van der Waals surface area (Å²) in [5.41, 5.74) is 25.5. The molecule has 0 aliphatic carbocycles. The first-order valence-electron chi connectivity index (χ1n) is 31.5. The molecule has 12 aromatic rings. The molecule has 2 aromatic heterocycles. The number of thiophene rings is 1. The standard InChI is InChI=1S/C82H80BN3OS/c1-78(2,3)54-32-36-61(37-33-54)85-70-49-62(84(59-24-18-16-19-25-59)60-26-20-17-21-27-60)50-71-75(70)83(77-76(85)66-48-56(80(7,8)9)35-41-74(66)88-77)67-45-51(53-42-57(81(10,11)12)46-58(43-53)82(13,14)15)30-38-69(67)86(71)68-39-34-55(79(4,5)6)47-64(68)52-31-40-73-65(44-52)63-28-22-23-29-72(63)87-73/h16-50H,1-15H3. The molecule has 0 spiro atoms. The van der Waals surface area contributed by atoms with Gasteiger partial charge in [0.25, 0.3) is 6.71 Å². The summed E-state index contributed by atoms with van der Waals surface area (Å²) in [5.74, 6) is 0. The zero-order valence-corrected chi connectivity index (χ0v) is 54.8. The van der Waals surface area contributed by atoms with Crippen LogP contribution in [0.5, 0.6) is 0 Å². The molecular weight excluding hydrogens is 1090 g/mol. The molecule has 438 valence electrons. The molecule has 0 amide bonds. The van der Waals surface area contributed by atoms with Crippen molar-refractivity contribution in [3.8, 4) is 22.3 Å². The van der Waals surface area contributed by atoms with Gasteiger partial charge in [-0.2, -0.15) is 0 Å². The Bertz CT molecular complexity index is 4640. The van der Waals surface area contributed by atoms with Crippen molar-refractivity contribution in [2.45, 2.75) is 131 Å². The first-order valence-corrected chi connectivity index (χ1v) is 32.3. The maximum atomic E-state index is 6.54. The Morgan fingerprint density at radius 2 is 0.898 bits per heavy atom. The third-order valence-electron chi connectivity index (χ3n) is 18.6. The zero-order chi connectivity index (χ0) is 61.6. The van der Waals surface area contributed by atoms with Crippen molar-refractivity contribution in [1.82, 2.24) is 0 Å². The van der Waals surface area contributed by atoms with E-state index in [0.29, 0.717) is 0 Å². The Morgan fingerprint density at radius 1 is 0.364 bits per heavy atom. The van der Waals surface area contributed by atoms with Crippen LogP contribution in [0.25, 0.3) is 54.3 Å². The lowest BCUT2D eigenvalue weighted by molar-refractivity contribution is 0.569. The lowest BCUT2D eigenvalue weighted by atomic mass is 9.36. The van der Waals surface area contributed by atoms with Crippen molar-refractivity contribution < 1.29 is 4.42 Å². The van der Waals surface area contributed by atoms with Gasteiger partial charge in [0.15, 0.2) is 0 Å². The molecular formula is C82H80BN3OS. The SMILES string of the molecule is CC(C)(C)c1ccc(N2c3cc(N(c4ccccc4)c4ccccc4)cc4c3B(c3cc(-c5cc(C(C)(C)C)cc(C(C)(C)C)c5)ccc3N4c3ccc(C(C)(C)C)cc3-c3ccc4oc5ccccc5c4c3)c3sc4ccc(C(C)(C)C)cc4c32)cc1. The molecule has 88 heavy (non-hydrogen) atoms. The molecule has 6 heteroatoms. The Morgan fingerprint density at radius 3 is 1.52 bits per heavy atom. The maximum Gasteiger partial charge on any atom is 0.264 e. The highest BCUT2D eigenvalue weighted by Crippen LogP contribution is 2.53. The second-order valence-electron chi connectivity index (χ2n) is 29.9. The van der Waals surface area contributed by atoms with E-state index in [1.807, 2.05) is 11.3 Å². The zero-order valence-electron chi connectivity index (χ0n) is 53.9. The molecule has 2 aliphatic rings. The molecule has 14 rings (SSSR count). The van der Waals surface area contributed by atoms with Gasteiger partial charge in [-0.3, -0.25) is 0 Å². The summed E-state index contributed by atoms with van der Waals surface area (Å²) in [4.78, 5) is 7.75. The van der Waals surface area contributed by atoms with E-state index in [9.17, 15) is 0 Å². The first kappa shape index (κ1) is 57.2. The average molecular weight is 1170 g/mol. The summed E-state index contributed by atoms with van der Waals surface area (Å²) < 4.78 is 9.17. The van der Waals surface area contributed by atoms with Crippen LogP contribution in [-0.2, 0) is 27.1 Å². The van der Waals surface area contributed by atoms with Crippen LogP contribution >= 0.6 is 11.3 Å². The summed E-state index contributed by atoms with van der Waals surface area (Å²) >= 11 is 1.97. The predicted octanol–water partition coefficient (Wildman–Crippen LogP) is 22.2. The van der Waals surface area contributed by atoms with E-state index in [0.717, 1.165) is 72.9 Å². The number of hydrogen-bond donors (Lipinski definition) is 0. The van der Waals surface area contributed by atoms with Gasteiger partial charge in [-0.15, -0.1) is 11.3 Å². The van der Waals surface area contributed by atoms with E-state index >= 15 is 0 Å². The predicted molar refractivity (Wildman–Crippen MR) is 382 cm³/mol. The number of rotatable bonds is 7. The fraction of sp³-hybridized carbons (Fsp3) is 0.244. The smallest absolute Gasteiger partial charge is 0.264 e. The molecule has 0 atom stereocenters. The third-order valence-corrected chi connectivity index (χ3v) is 19.8. The number of furan rings is 1. The summed E-state index contributed by atoms with van der Waals surface area (Å²) in [6.07, 6.45) is 0. The third kappa shape index (κ3) is 9.84. The van der Waals surface area contributed by atoms with E-state index in [-0.39, 0.29) is 33.8 Å². The number of para-hydroxylation sites is 3. The van der Waals surface area contributed by atoms with E-state index < -0.39 is 0 Å². The van der Waals surface area contributed by atoms with Gasteiger partial charge < -0.3 is 19.1 Å². The number of nitrogens with zero attached hydrogens (tertiary/aromatic N) is 3. The molecule has 0 saturated heterocycles. The number of anilines is 9. The van der Waals surface area contributed by atoms with Crippen LogP contribution in [0.2, 0.25) is 0 Å². The topological polar surface area (TPSA) is 22.9 Å². The maximum absolute atomic E-state index is 6.54. The Labute approximate surface area is 526 Å². The number of benzene rings is 10. The highest BCUT2D eigenvalue weighted by molar-refractivity contribution is 7.33. The van der Waals surface area contributed by atoms with Crippen molar-refractivity contribution in [1.29, 1.82) is 0 Å². The van der Waals surface area contributed by atoms with Gasteiger partial charge in [0.05, 0.1) is 17.1 Å². The molecule has 10 aromatic carbocycles. The Balaban J connectivity index is 1.15. The molecule has 2 aliphatic heterocycles. The van der Waals surface area contributed by atoms with Crippen molar-refractivity contribution >= 4 is 117 Å². The van der Waals surface area contributed by atoms with Gasteiger partial charge in [-0.05, 0) is 180 Å². The van der Waals surface area contributed by atoms with Gasteiger partial charge in [-0.1, -0.05) is 219 Å². The highest BCUT2D eigenvalue weighted by Gasteiger charge is 2.47. The Kier molecular flexibility index (Phi) is 13.3. The van der Waals surface area contributed by atoms with Crippen LogP contribution in [0.4, 0.5) is 51.2 Å². The van der Waals surface area contributed by atoms with Crippen LogP contribution in [0.3, 0.4) is 0 Å². The molecule has 0 saturated carbocycles. The van der Waals surface area contributed by atoms with Crippen molar-refractivity contribution in [3.63, 3.8) is 0 Å². The summed E-state index contributed by atoms with van der Waals surface area (Å²) in [6.45, 7) is 34.9. The molecule has 0 fully saturated rings. The molecule has 4 nitrogen and oxygen atoms in total. The van der Waals surface area contributed by atoms with Gasteiger partial charge in [0, 0.05) is 65.3 Å². The van der Waals surface area contributed by atoms with Gasteiger partial charge in [0.1, 0.15) is 11.2 Å². The van der Waals surface area contributed by atoms with Gasteiger partial charge in [-0.25, -0.2) is 0 Å². The summed E-state index contributed by atoms with van der Waals surface area (Å²) in [6, 6.07) is 81.1. The highest BCUT2D eigenvalue weighted by atomic mass is 32.1. The quantitative estimate of drug-likeness (QED) is 0.148. The van der Waals surface area contributed by atoms with Crippen LogP contribution in [0, 0.1) is 0 Å². The summed E-state index contributed by atoms with van der Waals surface area (Å²) in [7, 11) is 0. The van der Waals surface area contributed by atoms with E-state index in [1.54, 1.807) is 0 Å². The lowest BCUT2D eigenvalue weighted by Crippen LogP contribution is -2.60. The van der Waals surface area contributed by atoms with Crippen molar-refractivity contribution in [3.05, 3.63) is 240 Å². The fourth-order valence-electron chi connectivity index (χ4n) is 13.5. The Hall–Kier alpha value is -8.58. The molecule has 0 bridgehead atoms. The van der Waals surface area contributed by atoms with E-state index in [2.05, 4.69) is 331 Å².